The number of ether oxygens (including phenoxy) is 2. The van der Waals surface area contributed by atoms with Crippen LogP contribution in [0.1, 0.15) is 20.8 Å². The molecule has 1 heterocycles. The molecule has 1 fully saturated rings. The highest BCUT2D eigenvalue weighted by Gasteiger charge is 2.30. The Hall–Kier alpha value is -2.30. The van der Waals surface area contributed by atoms with Gasteiger partial charge in [0.25, 0.3) is 0 Å². The summed E-state index contributed by atoms with van der Waals surface area (Å²) in [6.45, 7) is 10.9. The minimum Gasteiger partial charge on any atom is -0.497 e. The van der Waals surface area contributed by atoms with Gasteiger partial charge in [-0.25, -0.2) is 0 Å². The summed E-state index contributed by atoms with van der Waals surface area (Å²) in [6.07, 6.45) is 0. The molecule has 0 aliphatic carbocycles. The van der Waals surface area contributed by atoms with Gasteiger partial charge in [0.05, 0.1) is 19.7 Å². The molecule has 28 heavy (non-hydrogen) atoms. The predicted molar refractivity (Wildman–Crippen MR) is 108 cm³/mol. The molecule has 1 atom stereocenters. The largest absolute Gasteiger partial charge is 0.497 e. The van der Waals surface area contributed by atoms with E-state index in [9.17, 15) is 10.1 Å². The standard InChI is InChI=1S/C21H32N4O3/c1-17(2)21(3,16-22)23-20(26)15-25-11-9-24(10-12-25)13-14-28-19-7-5-18(27-4)6-8-19/h5-8,17H,9-15H2,1-4H3,(H,23,26)/t21-/m1/s1. The highest BCUT2D eigenvalue weighted by atomic mass is 16.5. The Bertz CT molecular complexity index is 663. The molecule has 7 heteroatoms. The zero-order valence-corrected chi connectivity index (χ0v) is 17.4. The summed E-state index contributed by atoms with van der Waals surface area (Å²) in [7, 11) is 1.64. The summed E-state index contributed by atoms with van der Waals surface area (Å²) in [4.78, 5) is 16.8. The first-order valence-electron chi connectivity index (χ1n) is 9.80. The molecule has 1 aromatic carbocycles. The fourth-order valence-electron chi connectivity index (χ4n) is 2.97. The van der Waals surface area contributed by atoms with Gasteiger partial charge in [-0.3, -0.25) is 14.6 Å². The maximum Gasteiger partial charge on any atom is 0.235 e. The van der Waals surface area contributed by atoms with Crippen LogP contribution in [0.15, 0.2) is 24.3 Å². The third-order valence-electron chi connectivity index (χ3n) is 5.35. The molecular formula is C21H32N4O3. The Balaban J connectivity index is 1.66. The molecule has 1 amide bonds. The van der Waals surface area contributed by atoms with Crippen LogP contribution in [0.2, 0.25) is 0 Å². The number of nitriles is 1. The molecule has 154 valence electrons. The number of carbonyl (C=O) groups excluding carboxylic acids is 1. The van der Waals surface area contributed by atoms with Gasteiger partial charge in [-0.2, -0.15) is 5.26 Å². The van der Waals surface area contributed by atoms with E-state index in [1.54, 1.807) is 14.0 Å². The first-order chi connectivity index (χ1) is 13.4. The quantitative estimate of drug-likeness (QED) is 0.694. The van der Waals surface area contributed by atoms with Crippen LogP contribution in [-0.2, 0) is 4.79 Å². The number of hydrogen-bond donors (Lipinski definition) is 1. The Morgan fingerprint density at radius 3 is 2.29 bits per heavy atom. The van der Waals surface area contributed by atoms with E-state index in [-0.39, 0.29) is 11.8 Å². The van der Waals surface area contributed by atoms with Crippen LogP contribution < -0.4 is 14.8 Å². The fourth-order valence-corrected chi connectivity index (χ4v) is 2.97. The summed E-state index contributed by atoms with van der Waals surface area (Å²) in [6, 6.07) is 9.79. The van der Waals surface area contributed by atoms with Crippen LogP contribution in [0.4, 0.5) is 0 Å². The highest BCUT2D eigenvalue weighted by molar-refractivity contribution is 5.79. The number of rotatable bonds is 9. The number of hydrogen-bond acceptors (Lipinski definition) is 6. The molecule has 0 unspecified atom stereocenters. The monoisotopic (exact) mass is 388 g/mol. The van der Waals surface area contributed by atoms with Crippen LogP contribution in [0.3, 0.4) is 0 Å². The van der Waals surface area contributed by atoms with Gasteiger partial charge < -0.3 is 14.8 Å². The molecule has 1 saturated heterocycles. The zero-order chi connectivity index (χ0) is 20.6. The van der Waals surface area contributed by atoms with Crippen molar-refractivity contribution in [2.75, 3.05) is 53.0 Å². The number of carbonyl (C=O) groups is 1. The predicted octanol–water partition coefficient (Wildman–Crippen LogP) is 1.75. The molecule has 1 aliphatic rings. The van der Waals surface area contributed by atoms with Crippen LogP contribution in [0, 0.1) is 17.2 Å². The van der Waals surface area contributed by atoms with E-state index < -0.39 is 5.54 Å². The van der Waals surface area contributed by atoms with Crippen molar-refractivity contribution in [1.82, 2.24) is 15.1 Å². The molecule has 0 saturated carbocycles. The molecular weight excluding hydrogens is 356 g/mol. The second kappa shape index (κ2) is 10.3. The minimum atomic E-state index is -0.822. The van der Waals surface area contributed by atoms with Crippen molar-refractivity contribution in [2.45, 2.75) is 26.3 Å². The van der Waals surface area contributed by atoms with Crippen LogP contribution >= 0.6 is 0 Å². The van der Waals surface area contributed by atoms with Gasteiger partial charge in [-0.15, -0.1) is 0 Å². The molecule has 1 aromatic rings. The Morgan fingerprint density at radius 2 is 1.75 bits per heavy atom. The van der Waals surface area contributed by atoms with Crippen molar-refractivity contribution >= 4 is 5.91 Å². The van der Waals surface area contributed by atoms with E-state index in [4.69, 9.17) is 9.47 Å². The van der Waals surface area contributed by atoms with E-state index in [0.29, 0.717) is 13.2 Å². The summed E-state index contributed by atoms with van der Waals surface area (Å²) >= 11 is 0. The van der Waals surface area contributed by atoms with E-state index in [1.807, 2.05) is 38.1 Å². The van der Waals surface area contributed by atoms with Crippen LogP contribution in [0.5, 0.6) is 11.5 Å². The molecule has 0 bridgehead atoms. The van der Waals surface area contributed by atoms with Gasteiger partial charge in [-0.1, -0.05) is 13.8 Å². The lowest BCUT2D eigenvalue weighted by molar-refractivity contribution is -0.124. The topological polar surface area (TPSA) is 77.8 Å². The maximum atomic E-state index is 12.3. The molecule has 0 spiro atoms. The number of amides is 1. The fraction of sp³-hybridized carbons (Fsp3) is 0.619. The lowest BCUT2D eigenvalue weighted by Gasteiger charge is -2.35. The molecule has 2 rings (SSSR count). The Kier molecular flexibility index (Phi) is 8.09. The minimum absolute atomic E-state index is 0.0593. The number of methoxy groups -OCH3 is 1. The maximum absolute atomic E-state index is 12.3. The van der Waals surface area contributed by atoms with Gasteiger partial charge in [0, 0.05) is 32.7 Å². The molecule has 0 aromatic heterocycles. The smallest absolute Gasteiger partial charge is 0.235 e. The first-order valence-corrected chi connectivity index (χ1v) is 9.80. The van der Waals surface area contributed by atoms with E-state index >= 15 is 0 Å². The van der Waals surface area contributed by atoms with Crippen molar-refractivity contribution in [1.29, 1.82) is 5.26 Å². The Labute approximate surface area is 168 Å². The molecule has 0 radical (unpaired) electrons. The normalized spacial score (nSPS) is 17.6. The van der Waals surface area contributed by atoms with Crippen molar-refractivity contribution < 1.29 is 14.3 Å². The second-order valence-corrected chi connectivity index (χ2v) is 7.66. The number of benzene rings is 1. The Morgan fingerprint density at radius 1 is 1.18 bits per heavy atom. The van der Waals surface area contributed by atoms with Gasteiger partial charge in [0.2, 0.25) is 5.91 Å². The van der Waals surface area contributed by atoms with Gasteiger partial charge in [0.1, 0.15) is 23.6 Å². The van der Waals surface area contributed by atoms with Crippen molar-refractivity contribution in [2.24, 2.45) is 5.92 Å². The molecule has 7 nitrogen and oxygen atoms in total. The molecule has 1 N–H and O–H groups in total. The molecule has 1 aliphatic heterocycles. The number of nitrogens with one attached hydrogen (secondary N) is 1. The first kappa shape index (κ1) is 22.0. The van der Waals surface area contributed by atoms with Crippen molar-refractivity contribution in [3.63, 3.8) is 0 Å². The van der Waals surface area contributed by atoms with E-state index in [2.05, 4.69) is 21.2 Å². The van der Waals surface area contributed by atoms with Gasteiger partial charge in [0.15, 0.2) is 0 Å². The average Bonchev–Trinajstić information content (AvgIpc) is 2.69. The lowest BCUT2D eigenvalue weighted by Crippen LogP contribution is -2.54. The lowest BCUT2D eigenvalue weighted by atomic mass is 9.90. The summed E-state index contributed by atoms with van der Waals surface area (Å²) in [5.74, 6) is 1.62. The number of nitrogens with zero attached hydrogens (tertiary/aromatic N) is 3. The van der Waals surface area contributed by atoms with Crippen LogP contribution in [0.25, 0.3) is 0 Å². The SMILES string of the molecule is COc1ccc(OCCN2CCN(CC(=O)N[C@](C)(C#N)C(C)C)CC2)cc1. The van der Waals surface area contributed by atoms with Crippen LogP contribution in [-0.4, -0.2) is 74.2 Å². The van der Waals surface area contributed by atoms with E-state index in [1.165, 1.54) is 0 Å². The number of piperazine rings is 1. The van der Waals surface area contributed by atoms with Gasteiger partial charge in [-0.05, 0) is 37.1 Å². The van der Waals surface area contributed by atoms with Crippen molar-refractivity contribution in [3.05, 3.63) is 24.3 Å². The van der Waals surface area contributed by atoms with Gasteiger partial charge >= 0.3 is 0 Å². The highest BCUT2D eigenvalue weighted by Crippen LogP contribution is 2.17. The second-order valence-electron chi connectivity index (χ2n) is 7.66. The summed E-state index contributed by atoms with van der Waals surface area (Å²) in [5, 5.41) is 12.2. The van der Waals surface area contributed by atoms with E-state index in [0.717, 1.165) is 44.2 Å². The average molecular weight is 389 g/mol. The summed E-state index contributed by atoms with van der Waals surface area (Å²) < 4.78 is 10.9. The summed E-state index contributed by atoms with van der Waals surface area (Å²) in [5.41, 5.74) is -0.822. The zero-order valence-electron chi connectivity index (χ0n) is 17.4. The third kappa shape index (κ3) is 6.39. The third-order valence-corrected chi connectivity index (χ3v) is 5.35. The van der Waals surface area contributed by atoms with Crippen molar-refractivity contribution in [3.8, 4) is 17.6 Å².